The topological polar surface area (TPSA) is 57.9 Å². The number of ketones is 2. The summed E-state index contributed by atoms with van der Waals surface area (Å²) < 4.78 is 0. The Labute approximate surface area is 212 Å². The smallest absolute Gasteiger partial charge is 0.178 e. The molecule has 5 aliphatic carbocycles. The third kappa shape index (κ3) is 3.07. The number of nitriles is 1. The predicted octanol–water partition coefficient (Wildman–Crippen LogP) is 7.39. The molecule has 0 radical (unpaired) electrons. The van der Waals surface area contributed by atoms with Gasteiger partial charge in [-0.15, -0.1) is 0 Å². The molecule has 8 atom stereocenters. The minimum atomic E-state index is -0.603. The van der Waals surface area contributed by atoms with E-state index in [4.69, 9.17) is 0 Å². The molecule has 0 saturated heterocycles. The first-order valence-corrected chi connectivity index (χ1v) is 13.7. The summed E-state index contributed by atoms with van der Waals surface area (Å²) >= 11 is 0. The fourth-order valence-electron chi connectivity index (χ4n) is 9.76. The van der Waals surface area contributed by atoms with Crippen LogP contribution in [0.15, 0.2) is 35.5 Å². The van der Waals surface area contributed by atoms with E-state index in [2.05, 4.69) is 47.3 Å². The zero-order chi connectivity index (χ0) is 25.8. The second-order valence-electron chi connectivity index (χ2n) is 14.4. The fourth-order valence-corrected chi connectivity index (χ4v) is 9.76. The standard InChI is InChI=1S/C32H43NO2/c1-19(2)30(6)14-13-29(5)11-9-21-26(22(29)17-30)23(34)15-25-31(21,7)12-10-24-28(3,4)27(35)20(18-33)16-32(24,25)8/h15-16,21-22,24,26H,1,9-14,17H2,2-8H3/t21?,22?,24?,26?,29?,30-,31?,32?/m0/s1. The summed E-state index contributed by atoms with van der Waals surface area (Å²) in [5, 5.41) is 9.82. The van der Waals surface area contributed by atoms with Crippen LogP contribution in [0.25, 0.3) is 0 Å². The summed E-state index contributed by atoms with van der Waals surface area (Å²) in [5.41, 5.74) is 1.95. The number of allylic oxidation sites excluding steroid dienone is 5. The highest BCUT2D eigenvalue weighted by Gasteiger charge is 2.65. The van der Waals surface area contributed by atoms with Gasteiger partial charge < -0.3 is 0 Å². The minimum Gasteiger partial charge on any atom is -0.295 e. The number of fused-ring (bicyclic) bond motifs is 7. The first-order valence-electron chi connectivity index (χ1n) is 13.7. The van der Waals surface area contributed by atoms with Crippen LogP contribution in [0.5, 0.6) is 0 Å². The Morgan fingerprint density at radius 3 is 2.31 bits per heavy atom. The van der Waals surface area contributed by atoms with Gasteiger partial charge in [0.25, 0.3) is 0 Å². The van der Waals surface area contributed by atoms with Crippen LogP contribution in [0.3, 0.4) is 0 Å². The van der Waals surface area contributed by atoms with Crippen molar-refractivity contribution in [3.8, 4) is 6.07 Å². The Morgan fingerprint density at radius 1 is 1.00 bits per heavy atom. The normalized spacial score (nSPS) is 48.3. The number of Topliss-reactive ketones (excluding diaryl/α,β-unsaturated/α-hetero) is 1. The zero-order valence-electron chi connectivity index (χ0n) is 22.9. The molecule has 3 saturated carbocycles. The molecule has 0 aliphatic heterocycles. The first-order chi connectivity index (χ1) is 16.1. The molecule has 188 valence electrons. The monoisotopic (exact) mass is 473 g/mol. The highest BCUT2D eigenvalue weighted by Crippen LogP contribution is 2.70. The van der Waals surface area contributed by atoms with Crippen LogP contribution in [0.2, 0.25) is 0 Å². The van der Waals surface area contributed by atoms with Gasteiger partial charge in [0.2, 0.25) is 0 Å². The van der Waals surface area contributed by atoms with Crippen molar-refractivity contribution in [2.75, 3.05) is 0 Å². The molecule has 0 aromatic heterocycles. The number of rotatable bonds is 1. The summed E-state index contributed by atoms with van der Waals surface area (Å²) in [6.45, 7) is 19.9. The molecular weight excluding hydrogens is 430 g/mol. The molecular formula is C32H43NO2. The van der Waals surface area contributed by atoms with Crippen LogP contribution in [-0.2, 0) is 9.59 Å². The Morgan fingerprint density at radius 2 is 1.69 bits per heavy atom. The van der Waals surface area contributed by atoms with Crippen molar-refractivity contribution in [3.05, 3.63) is 35.5 Å². The number of carbonyl (C=O) groups is 2. The van der Waals surface area contributed by atoms with Gasteiger partial charge in [0.15, 0.2) is 11.6 Å². The molecule has 0 aromatic rings. The maximum Gasteiger partial charge on any atom is 0.178 e. The number of hydrogen-bond acceptors (Lipinski definition) is 3. The van der Waals surface area contributed by atoms with E-state index in [1.807, 2.05) is 26.0 Å². The second kappa shape index (κ2) is 7.30. The summed E-state index contributed by atoms with van der Waals surface area (Å²) in [6, 6.07) is 2.20. The molecule has 3 nitrogen and oxygen atoms in total. The summed E-state index contributed by atoms with van der Waals surface area (Å²) in [5.74, 6) is 1.16. The second-order valence-corrected chi connectivity index (χ2v) is 14.4. The van der Waals surface area contributed by atoms with E-state index < -0.39 is 10.8 Å². The molecule has 0 spiro atoms. The Hall–Kier alpha value is -1.95. The maximum absolute atomic E-state index is 14.1. The lowest BCUT2D eigenvalue weighted by Crippen LogP contribution is -2.60. The lowest BCUT2D eigenvalue weighted by molar-refractivity contribution is -0.145. The van der Waals surface area contributed by atoms with Gasteiger partial charge in [-0.2, -0.15) is 5.26 Å². The highest BCUT2D eigenvalue weighted by molar-refractivity contribution is 6.04. The van der Waals surface area contributed by atoms with Crippen molar-refractivity contribution in [2.24, 2.45) is 50.7 Å². The van der Waals surface area contributed by atoms with E-state index in [9.17, 15) is 14.9 Å². The maximum atomic E-state index is 14.1. The predicted molar refractivity (Wildman–Crippen MR) is 139 cm³/mol. The van der Waals surface area contributed by atoms with Crippen LogP contribution < -0.4 is 0 Å². The number of hydrogen-bond donors (Lipinski definition) is 0. The Bertz CT molecular complexity index is 1130. The van der Waals surface area contributed by atoms with Crippen LogP contribution in [0.1, 0.15) is 93.4 Å². The third-order valence-corrected chi connectivity index (χ3v) is 12.3. The van der Waals surface area contributed by atoms with Gasteiger partial charge in [-0.05, 0) is 91.9 Å². The van der Waals surface area contributed by atoms with Crippen molar-refractivity contribution in [1.82, 2.24) is 0 Å². The van der Waals surface area contributed by atoms with Crippen molar-refractivity contribution in [3.63, 3.8) is 0 Å². The molecule has 0 bridgehead atoms. The van der Waals surface area contributed by atoms with E-state index in [1.54, 1.807) is 0 Å². The quantitative estimate of drug-likeness (QED) is 0.373. The number of carbonyl (C=O) groups excluding carboxylic acids is 2. The van der Waals surface area contributed by atoms with E-state index >= 15 is 0 Å². The molecule has 3 heteroatoms. The van der Waals surface area contributed by atoms with Crippen LogP contribution >= 0.6 is 0 Å². The van der Waals surface area contributed by atoms with Crippen molar-refractivity contribution < 1.29 is 9.59 Å². The molecule has 7 unspecified atom stereocenters. The van der Waals surface area contributed by atoms with E-state index in [1.165, 1.54) is 30.4 Å². The van der Waals surface area contributed by atoms with Crippen LogP contribution in [0.4, 0.5) is 0 Å². The Kier molecular flexibility index (Phi) is 5.16. The molecule has 0 N–H and O–H groups in total. The minimum absolute atomic E-state index is 0.0404. The van der Waals surface area contributed by atoms with E-state index in [0.717, 1.165) is 25.7 Å². The molecule has 5 rings (SSSR count). The largest absolute Gasteiger partial charge is 0.295 e. The van der Waals surface area contributed by atoms with E-state index in [0.29, 0.717) is 17.6 Å². The third-order valence-electron chi connectivity index (χ3n) is 12.3. The number of nitrogens with zero attached hydrogens (tertiary/aromatic N) is 1. The average molecular weight is 474 g/mol. The van der Waals surface area contributed by atoms with Gasteiger partial charge in [-0.25, -0.2) is 0 Å². The van der Waals surface area contributed by atoms with Crippen molar-refractivity contribution in [2.45, 2.75) is 93.4 Å². The fraction of sp³-hybridized carbons (Fsp3) is 0.719. The molecule has 3 fully saturated rings. The van der Waals surface area contributed by atoms with E-state index in [-0.39, 0.29) is 39.4 Å². The first kappa shape index (κ1) is 24.7. The molecule has 5 aliphatic rings. The van der Waals surface area contributed by atoms with Gasteiger partial charge in [-0.1, -0.05) is 65.3 Å². The van der Waals surface area contributed by atoms with Gasteiger partial charge in [0.1, 0.15) is 6.07 Å². The zero-order valence-corrected chi connectivity index (χ0v) is 22.9. The van der Waals surface area contributed by atoms with Gasteiger partial charge in [-0.3, -0.25) is 9.59 Å². The van der Waals surface area contributed by atoms with Gasteiger partial charge >= 0.3 is 0 Å². The van der Waals surface area contributed by atoms with Crippen molar-refractivity contribution >= 4 is 11.6 Å². The summed E-state index contributed by atoms with van der Waals surface area (Å²) in [7, 11) is 0. The highest BCUT2D eigenvalue weighted by atomic mass is 16.1. The summed E-state index contributed by atoms with van der Waals surface area (Å²) in [6.07, 6.45) is 11.6. The van der Waals surface area contributed by atoms with Gasteiger partial charge in [0, 0.05) is 16.7 Å². The van der Waals surface area contributed by atoms with Crippen LogP contribution in [-0.4, -0.2) is 11.6 Å². The van der Waals surface area contributed by atoms with Crippen molar-refractivity contribution in [1.29, 1.82) is 5.26 Å². The lowest BCUT2D eigenvalue weighted by Gasteiger charge is -2.65. The van der Waals surface area contributed by atoms with Crippen LogP contribution in [0, 0.1) is 62.1 Å². The Balaban J connectivity index is 1.63. The molecule has 0 aromatic carbocycles. The van der Waals surface area contributed by atoms with Gasteiger partial charge in [0.05, 0.1) is 5.57 Å². The molecule has 35 heavy (non-hydrogen) atoms. The molecule has 0 heterocycles. The average Bonchev–Trinajstić information content (AvgIpc) is 2.78. The summed E-state index contributed by atoms with van der Waals surface area (Å²) in [4.78, 5) is 27.3. The molecule has 0 amide bonds. The SMILES string of the molecule is C=C(C)[C@@]1(C)CCC2(C)CCC3C(C(=O)C=C4C5(C)C=C(C#N)C(=O)C(C)(C)C5CCC43C)C2C1. The lowest BCUT2D eigenvalue weighted by atomic mass is 9.38.